The third kappa shape index (κ3) is 3.00. The standard InChI is InChI=1S/C11H14BNO3/c14-11(9-6-7-13-8-9)16-12-15-10-4-2-1-3-5-10/h1-5,9,12-13H,6-8H2. The van der Waals surface area contributed by atoms with E-state index < -0.39 is 0 Å². The lowest BCUT2D eigenvalue weighted by atomic mass is 10.1. The minimum Gasteiger partial charge on any atom is -0.528 e. The van der Waals surface area contributed by atoms with Crippen LogP contribution >= 0.6 is 0 Å². The molecule has 1 atom stereocenters. The molecular formula is C11H14BNO3. The van der Waals surface area contributed by atoms with Crippen molar-refractivity contribution in [2.45, 2.75) is 6.42 Å². The number of hydrogen-bond donors (Lipinski definition) is 1. The van der Waals surface area contributed by atoms with E-state index in [-0.39, 0.29) is 19.6 Å². The molecule has 0 aromatic heterocycles. The van der Waals surface area contributed by atoms with Gasteiger partial charge in [-0.15, -0.1) is 0 Å². The number of nitrogens with one attached hydrogen (secondary N) is 1. The minimum absolute atomic E-state index is 0.0145. The first-order valence-corrected chi connectivity index (χ1v) is 5.41. The predicted octanol–water partition coefficient (Wildman–Crippen LogP) is 0.485. The van der Waals surface area contributed by atoms with Crippen LogP contribution in [-0.2, 0) is 9.45 Å². The van der Waals surface area contributed by atoms with Crippen molar-refractivity contribution in [3.8, 4) is 5.75 Å². The summed E-state index contributed by atoms with van der Waals surface area (Å²) in [6.07, 6.45) is 0.851. The van der Waals surface area contributed by atoms with Crippen molar-refractivity contribution in [3.63, 3.8) is 0 Å². The first-order valence-electron chi connectivity index (χ1n) is 5.41. The van der Waals surface area contributed by atoms with Gasteiger partial charge in [0.25, 0.3) is 5.97 Å². The Hall–Kier alpha value is -1.49. The van der Waals surface area contributed by atoms with Gasteiger partial charge in [0, 0.05) is 6.54 Å². The molecule has 0 saturated carbocycles. The van der Waals surface area contributed by atoms with Crippen molar-refractivity contribution in [3.05, 3.63) is 30.3 Å². The van der Waals surface area contributed by atoms with Gasteiger partial charge in [0.15, 0.2) is 0 Å². The molecule has 2 rings (SSSR count). The van der Waals surface area contributed by atoms with E-state index in [0.29, 0.717) is 12.3 Å². The van der Waals surface area contributed by atoms with Crippen LogP contribution in [0.15, 0.2) is 30.3 Å². The Kier molecular flexibility index (Phi) is 3.83. The first-order chi connectivity index (χ1) is 7.86. The molecular weight excluding hydrogens is 205 g/mol. The summed E-state index contributed by atoms with van der Waals surface area (Å²) in [6, 6.07) is 9.30. The van der Waals surface area contributed by atoms with E-state index in [1.54, 1.807) is 0 Å². The fourth-order valence-electron chi connectivity index (χ4n) is 1.65. The molecule has 84 valence electrons. The van der Waals surface area contributed by atoms with Gasteiger partial charge in [0.2, 0.25) is 0 Å². The van der Waals surface area contributed by atoms with Gasteiger partial charge >= 0.3 is 7.69 Å². The summed E-state index contributed by atoms with van der Waals surface area (Å²) in [5, 5.41) is 3.12. The number of carbonyl (C=O) groups excluding carboxylic acids is 1. The molecule has 0 aliphatic carbocycles. The summed E-state index contributed by atoms with van der Waals surface area (Å²) >= 11 is 0. The molecule has 4 nitrogen and oxygen atoms in total. The molecule has 0 radical (unpaired) electrons. The van der Waals surface area contributed by atoms with Gasteiger partial charge in [-0.2, -0.15) is 0 Å². The fraction of sp³-hybridized carbons (Fsp3) is 0.364. The second-order valence-electron chi connectivity index (χ2n) is 3.73. The van der Waals surface area contributed by atoms with E-state index in [9.17, 15) is 4.79 Å². The molecule has 1 fully saturated rings. The average Bonchev–Trinajstić information content (AvgIpc) is 2.84. The zero-order valence-corrected chi connectivity index (χ0v) is 9.02. The summed E-state index contributed by atoms with van der Waals surface area (Å²) in [5.74, 6) is 0.514. The highest BCUT2D eigenvalue weighted by molar-refractivity contribution is 6.23. The van der Waals surface area contributed by atoms with Crippen molar-refractivity contribution in [1.82, 2.24) is 5.32 Å². The van der Waals surface area contributed by atoms with Crippen molar-refractivity contribution in [1.29, 1.82) is 0 Å². The van der Waals surface area contributed by atoms with Crippen LogP contribution in [0.5, 0.6) is 5.75 Å². The van der Waals surface area contributed by atoms with Gasteiger partial charge in [0.05, 0.1) is 5.92 Å². The average molecular weight is 219 g/mol. The number of carbonyl (C=O) groups is 1. The van der Waals surface area contributed by atoms with Gasteiger partial charge in [-0.3, -0.25) is 4.79 Å². The normalized spacial score (nSPS) is 19.1. The first kappa shape index (κ1) is 11.0. The monoisotopic (exact) mass is 219 g/mol. The molecule has 1 aromatic rings. The van der Waals surface area contributed by atoms with Crippen LogP contribution in [0.4, 0.5) is 0 Å². The molecule has 1 saturated heterocycles. The summed E-state index contributed by atoms with van der Waals surface area (Å²) < 4.78 is 10.3. The molecule has 1 unspecified atom stereocenters. The van der Waals surface area contributed by atoms with Crippen molar-refractivity contribution >= 4 is 13.7 Å². The Morgan fingerprint density at radius 2 is 2.19 bits per heavy atom. The predicted molar refractivity (Wildman–Crippen MR) is 61.3 cm³/mol. The van der Waals surface area contributed by atoms with E-state index in [1.165, 1.54) is 0 Å². The molecule has 1 heterocycles. The Balaban J connectivity index is 1.70. The second-order valence-corrected chi connectivity index (χ2v) is 3.73. The maximum absolute atomic E-state index is 11.5. The molecule has 1 aliphatic rings. The lowest BCUT2D eigenvalue weighted by Crippen LogP contribution is -2.23. The smallest absolute Gasteiger partial charge is 0.528 e. The van der Waals surface area contributed by atoms with Gasteiger partial charge in [-0.1, -0.05) is 18.2 Å². The quantitative estimate of drug-likeness (QED) is 0.748. The van der Waals surface area contributed by atoms with Crippen LogP contribution in [0, 0.1) is 5.92 Å². The Morgan fingerprint density at radius 3 is 2.88 bits per heavy atom. The Bertz CT molecular complexity index is 338. The van der Waals surface area contributed by atoms with Gasteiger partial charge in [-0.25, -0.2) is 0 Å². The van der Waals surface area contributed by atoms with E-state index in [1.807, 2.05) is 30.3 Å². The summed E-state index contributed by atoms with van der Waals surface area (Å²) in [4.78, 5) is 11.5. The highest BCUT2D eigenvalue weighted by atomic mass is 16.6. The van der Waals surface area contributed by atoms with Gasteiger partial charge in [0.1, 0.15) is 5.75 Å². The third-order valence-electron chi connectivity index (χ3n) is 2.56. The van der Waals surface area contributed by atoms with E-state index in [0.717, 1.165) is 13.0 Å². The summed E-state index contributed by atoms with van der Waals surface area (Å²) in [7, 11) is -0.0145. The Morgan fingerprint density at radius 1 is 1.38 bits per heavy atom. The molecule has 16 heavy (non-hydrogen) atoms. The molecule has 5 heteroatoms. The highest BCUT2D eigenvalue weighted by Crippen LogP contribution is 2.10. The van der Waals surface area contributed by atoms with Crippen LogP contribution in [-0.4, -0.2) is 26.7 Å². The molecule has 1 aromatic carbocycles. The maximum atomic E-state index is 11.5. The second kappa shape index (κ2) is 5.56. The van der Waals surface area contributed by atoms with E-state index in [4.69, 9.17) is 9.31 Å². The summed E-state index contributed by atoms with van der Waals surface area (Å²) in [6.45, 7) is 1.60. The largest absolute Gasteiger partial charge is 0.578 e. The van der Waals surface area contributed by atoms with Crippen molar-refractivity contribution in [2.24, 2.45) is 5.92 Å². The number of hydrogen-bond acceptors (Lipinski definition) is 4. The number of rotatable bonds is 4. The van der Waals surface area contributed by atoms with Crippen LogP contribution in [0.1, 0.15) is 6.42 Å². The van der Waals surface area contributed by atoms with Crippen molar-refractivity contribution in [2.75, 3.05) is 13.1 Å². The highest BCUT2D eigenvalue weighted by Gasteiger charge is 2.23. The van der Waals surface area contributed by atoms with Crippen LogP contribution in [0.2, 0.25) is 0 Å². The SMILES string of the molecule is O=C(OBOc1ccccc1)C1CCNC1. The molecule has 1 aliphatic heterocycles. The Labute approximate surface area is 95.2 Å². The van der Waals surface area contributed by atoms with E-state index in [2.05, 4.69) is 5.32 Å². The third-order valence-corrected chi connectivity index (χ3v) is 2.56. The molecule has 0 amide bonds. The fourth-order valence-corrected chi connectivity index (χ4v) is 1.65. The lowest BCUT2D eigenvalue weighted by molar-refractivity contribution is -0.138. The van der Waals surface area contributed by atoms with Crippen molar-refractivity contribution < 1.29 is 14.1 Å². The zero-order chi connectivity index (χ0) is 11.2. The molecule has 1 N–H and O–H groups in total. The zero-order valence-electron chi connectivity index (χ0n) is 9.02. The number of benzene rings is 1. The lowest BCUT2D eigenvalue weighted by Gasteiger charge is -2.09. The maximum Gasteiger partial charge on any atom is 0.578 e. The van der Waals surface area contributed by atoms with Crippen LogP contribution in [0.25, 0.3) is 0 Å². The van der Waals surface area contributed by atoms with Crippen LogP contribution in [0.3, 0.4) is 0 Å². The van der Waals surface area contributed by atoms with Gasteiger partial charge < -0.3 is 14.6 Å². The topological polar surface area (TPSA) is 47.6 Å². The van der Waals surface area contributed by atoms with E-state index >= 15 is 0 Å². The van der Waals surface area contributed by atoms with Gasteiger partial charge in [-0.05, 0) is 25.1 Å². The van der Waals surface area contributed by atoms with Crippen LogP contribution < -0.4 is 9.97 Å². The minimum atomic E-state index is -0.180. The molecule has 0 spiro atoms. The number of para-hydroxylation sites is 1. The molecule has 0 bridgehead atoms. The summed E-state index contributed by atoms with van der Waals surface area (Å²) in [5.41, 5.74) is 0.